The van der Waals surface area contributed by atoms with Crippen LogP contribution in [0.1, 0.15) is 34.7 Å². The van der Waals surface area contributed by atoms with Gasteiger partial charge >= 0.3 is 5.91 Å². The molecule has 3 N–H and O–H groups in total. The van der Waals surface area contributed by atoms with E-state index in [4.69, 9.17) is 15.0 Å². The zero-order valence-electron chi connectivity index (χ0n) is 11.4. The van der Waals surface area contributed by atoms with Gasteiger partial charge in [0.1, 0.15) is 5.76 Å². The average molecular weight is 267 g/mol. The molecule has 0 radical (unpaired) electrons. The van der Waals surface area contributed by atoms with Crippen LogP contribution in [0.15, 0.2) is 10.5 Å². The van der Waals surface area contributed by atoms with Gasteiger partial charge in [-0.15, -0.1) is 0 Å². The Morgan fingerprint density at radius 1 is 1.58 bits per heavy atom. The Bertz CT molecular complexity index is 436. The minimum Gasteiger partial charge on any atom is -0.454 e. The van der Waals surface area contributed by atoms with E-state index in [2.05, 4.69) is 10.3 Å². The minimum atomic E-state index is -0.387. The molecule has 1 aliphatic heterocycles. The van der Waals surface area contributed by atoms with Crippen molar-refractivity contribution in [2.75, 3.05) is 20.2 Å². The van der Waals surface area contributed by atoms with Crippen molar-refractivity contribution in [2.45, 2.75) is 32.4 Å². The maximum atomic E-state index is 11.5. The van der Waals surface area contributed by atoms with Crippen LogP contribution >= 0.6 is 0 Å². The lowest BCUT2D eigenvalue weighted by atomic mass is 10.1. The molecule has 6 nitrogen and oxygen atoms in total. The normalized spacial score (nSPS) is 17.6. The van der Waals surface area contributed by atoms with E-state index in [1.54, 1.807) is 7.11 Å². The SMILES string of the molecule is COC1CCN(Cc2cc(C)c(C(=O)NN)o2)CC1. The molecule has 0 bridgehead atoms. The number of nitrogens with zero attached hydrogens (tertiary/aromatic N) is 1. The van der Waals surface area contributed by atoms with Crippen molar-refractivity contribution < 1.29 is 13.9 Å². The number of nitrogens with one attached hydrogen (secondary N) is 1. The van der Waals surface area contributed by atoms with Gasteiger partial charge in [0.25, 0.3) is 0 Å². The number of nitrogens with two attached hydrogens (primary N) is 1. The molecule has 2 rings (SSSR count). The fraction of sp³-hybridized carbons (Fsp3) is 0.615. The van der Waals surface area contributed by atoms with Crippen LogP contribution < -0.4 is 11.3 Å². The minimum absolute atomic E-state index is 0.296. The highest BCUT2D eigenvalue weighted by molar-refractivity contribution is 5.92. The Hall–Kier alpha value is -1.37. The third kappa shape index (κ3) is 3.34. The van der Waals surface area contributed by atoms with Crippen molar-refractivity contribution in [3.05, 3.63) is 23.2 Å². The highest BCUT2D eigenvalue weighted by Crippen LogP contribution is 2.19. The summed E-state index contributed by atoms with van der Waals surface area (Å²) in [5.41, 5.74) is 2.90. The molecule has 0 aromatic carbocycles. The number of furan rings is 1. The molecule has 1 fully saturated rings. The molecular formula is C13H21N3O3. The smallest absolute Gasteiger partial charge is 0.301 e. The third-order valence-electron chi connectivity index (χ3n) is 3.55. The van der Waals surface area contributed by atoms with Gasteiger partial charge in [-0.25, -0.2) is 5.84 Å². The van der Waals surface area contributed by atoms with Gasteiger partial charge < -0.3 is 9.15 Å². The first-order chi connectivity index (χ1) is 9.13. The maximum absolute atomic E-state index is 11.5. The zero-order valence-corrected chi connectivity index (χ0v) is 11.4. The zero-order chi connectivity index (χ0) is 13.8. The molecular weight excluding hydrogens is 246 g/mol. The van der Waals surface area contributed by atoms with Gasteiger partial charge in [0.15, 0.2) is 5.76 Å². The fourth-order valence-electron chi connectivity index (χ4n) is 2.44. The van der Waals surface area contributed by atoms with Crippen molar-refractivity contribution in [1.82, 2.24) is 10.3 Å². The molecule has 6 heteroatoms. The molecule has 0 aliphatic carbocycles. The lowest BCUT2D eigenvalue weighted by Crippen LogP contribution is -2.36. The Morgan fingerprint density at radius 3 is 2.84 bits per heavy atom. The quantitative estimate of drug-likeness (QED) is 0.479. The number of amides is 1. The van der Waals surface area contributed by atoms with Crippen LogP contribution in [-0.4, -0.2) is 37.1 Å². The Morgan fingerprint density at radius 2 is 2.26 bits per heavy atom. The van der Waals surface area contributed by atoms with Gasteiger partial charge in [0.05, 0.1) is 12.6 Å². The number of hydrogen-bond acceptors (Lipinski definition) is 5. The molecule has 19 heavy (non-hydrogen) atoms. The molecule has 106 valence electrons. The summed E-state index contributed by atoms with van der Waals surface area (Å²) in [7, 11) is 1.76. The highest BCUT2D eigenvalue weighted by atomic mass is 16.5. The van der Waals surface area contributed by atoms with E-state index < -0.39 is 0 Å². The molecule has 1 aliphatic rings. The number of piperidine rings is 1. The fourth-order valence-corrected chi connectivity index (χ4v) is 2.44. The Kier molecular flexibility index (Phi) is 4.57. The lowest BCUT2D eigenvalue weighted by molar-refractivity contribution is 0.0369. The maximum Gasteiger partial charge on any atom is 0.301 e. The van der Waals surface area contributed by atoms with Crippen molar-refractivity contribution in [3.8, 4) is 0 Å². The number of carbonyl (C=O) groups is 1. The monoisotopic (exact) mass is 267 g/mol. The second-order valence-electron chi connectivity index (χ2n) is 4.91. The van der Waals surface area contributed by atoms with E-state index in [1.165, 1.54) is 0 Å². The highest BCUT2D eigenvalue weighted by Gasteiger charge is 2.21. The van der Waals surface area contributed by atoms with E-state index in [-0.39, 0.29) is 5.91 Å². The Labute approximate surface area is 112 Å². The van der Waals surface area contributed by atoms with E-state index in [1.807, 2.05) is 13.0 Å². The lowest BCUT2D eigenvalue weighted by Gasteiger charge is -2.30. The number of rotatable bonds is 4. The summed E-state index contributed by atoms with van der Waals surface area (Å²) >= 11 is 0. The number of likely N-dealkylation sites (tertiary alicyclic amines) is 1. The molecule has 2 heterocycles. The first-order valence-corrected chi connectivity index (χ1v) is 6.49. The van der Waals surface area contributed by atoms with Gasteiger partial charge in [-0.2, -0.15) is 0 Å². The van der Waals surface area contributed by atoms with E-state index >= 15 is 0 Å². The summed E-state index contributed by atoms with van der Waals surface area (Å²) in [6.07, 6.45) is 2.44. The summed E-state index contributed by atoms with van der Waals surface area (Å²) in [5, 5.41) is 0. The summed E-state index contributed by atoms with van der Waals surface area (Å²) in [6.45, 7) is 4.53. The predicted octanol–water partition coefficient (Wildman–Crippen LogP) is 0.802. The summed E-state index contributed by atoms with van der Waals surface area (Å²) in [6, 6.07) is 1.90. The summed E-state index contributed by atoms with van der Waals surface area (Å²) in [5.74, 6) is 5.82. The molecule has 1 saturated heterocycles. The third-order valence-corrected chi connectivity index (χ3v) is 3.55. The van der Waals surface area contributed by atoms with E-state index in [0.717, 1.165) is 43.8 Å². The van der Waals surface area contributed by atoms with Crippen molar-refractivity contribution in [3.63, 3.8) is 0 Å². The van der Waals surface area contributed by atoms with E-state index in [0.29, 0.717) is 11.9 Å². The van der Waals surface area contributed by atoms with E-state index in [9.17, 15) is 4.79 Å². The van der Waals surface area contributed by atoms with Crippen LogP contribution in [0.25, 0.3) is 0 Å². The van der Waals surface area contributed by atoms with Gasteiger partial charge in [-0.05, 0) is 25.8 Å². The standard InChI is InChI=1S/C13H21N3O3/c1-9-7-11(19-12(9)13(17)15-14)8-16-5-3-10(18-2)4-6-16/h7,10H,3-6,8,14H2,1-2H3,(H,15,17). The first kappa shape index (κ1) is 14.0. The molecule has 1 amide bonds. The molecule has 1 aromatic heterocycles. The summed E-state index contributed by atoms with van der Waals surface area (Å²) in [4.78, 5) is 13.8. The number of carbonyl (C=O) groups excluding carboxylic acids is 1. The molecule has 0 unspecified atom stereocenters. The molecule has 0 spiro atoms. The topological polar surface area (TPSA) is 80.7 Å². The second kappa shape index (κ2) is 6.18. The summed E-state index contributed by atoms with van der Waals surface area (Å²) < 4.78 is 10.9. The second-order valence-corrected chi connectivity index (χ2v) is 4.91. The van der Waals surface area contributed by atoms with Crippen LogP contribution in [0.3, 0.4) is 0 Å². The molecule has 1 aromatic rings. The van der Waals surface area contributed by atoms with Crippen LogP contribution in [0.5, 0.6) is 0 Å². The van der Waals surface area contributed by atoms with Crippen molar-refractivity contribution in [2.24, 2.45) is 5.84 Å². The van der Waals surface area contributed by atoms with Crippen LogP contribution in [0.4, 0.5) is 0 Å². The number of nitrogen functional groups attached to an aromatic ring is 1. The van der Waals surface area contributed by atoms with Gasteiger partial charge in [0.2, 0.25) is 0 Å². The largest absolute Gasteiger partial charge is 0.454 e. The number of ether oxygens (including phenoxy) is 1. The van der Waals surface area contributed by atoms with Crippen LogP contribution in [0.2, 0.25) is 0 Å². The van der Waals surface area contributed by atoms with Crippen LogP contribution in [0, 0.1) is 6.92 Å². The molecule has 0 saturated carbocycles. The van der Waals surface area contributed by atoms with Crippen LogP contribution in [-0.2, 0) is 11.3 Å². The first-order valence-electron chi connectivity index (χ1n) is 6.49. The number of hydrogen-bond donors (Lipinski definition) is 2. The molecule has 0 atom stereocenters. The van der Waals surface area contributed by atoms with Crippen molar-refractivity contribution >= 4 is 5.91 Å². The van der Waals surface area contributed by atoms with Gasteiger partial charge in [-0.3, -0.25) is 15.1 Å². The van der Waals surface area contributed by atoms with Gasteiger partial charge in [0, 0.05) is 25.8 Å². The Balaban J connectivity index is 1.95. The number of hydrazine groups is 1. The predicted molar refractivity (Wildman–Crippen MR) is 70.4 cm³/mol. The number of aryl methyl sites for hydroxylation is 1. The van der Waals surface area contributed by atoms with Gasteiger partial charge in [-0.1, -0.05) is 0 Å². The number of methoxy groups -OCH3 is 1. The average Bonchev–Trinajstić information content (AvgIpc) is 2.79. The van der Waals surface area contributed by atoms with Crippen molar-refractivity contribution in [1.29, 1.82) is 0 Å².